The van der Waals surface area contributed by atoms with E-state index in [1.54, 1.807) is 0 Å². The highest BCUT2D eigenvalue weighted by atomic mass is 14.4. The van der Waals surface area contributed by atoms with Gasteiger partial charge in [0, 0.05) is 17.3 Å². The molecule has 0 heteroatoms. The van der Waals surface area contributed by atoms with Crippen LogP contribution in [0.15, 0.2) is 110 Å². The van der Waals surface area contributed by atoms with Crippen molar-refractivity contribution in [1.29, 1.82) is 0 Å². The van der Waals surface area contributed by atoms with E-state index in [0.29, 0.717) is 0 Å². The fourth-order valence-corrected chi connectivity index (χ4v) is 5.99. The number of rotatable bonds is 3. The Kier molecular flexibility index (Phi) is 17.7. The normalized spacial score (nSPS) is 12.4. The largest absolute Gasteiger partial charge is 0.120 e. The van der Waals surface area contributed by atoms with E-state index in [-0.39, 0.29) is 18.3 Å². The lowest BCUT2D eigenvalue weighted by atomic mass is 9.77. The van der Waals surface area contributed by atoms with Crippen molar-refractivity contribution >= 4 is 0 Å². The van der Waals surface area contributed by atoms with Crippen LogP contribution < -0.4 is 0 Å². The molecule has 0 bridgehead atoms. The number of benzene rings is 4. The van der Waals surface area contributed by atoms with Crippen LogP contribution in [0.4, 0.5) is 0 Å². The van der Waals surface area contributed by atoms with Crippen LogP contribution in [0.25, 0.3) is 22.3 Å². The second-order valence-corrected chi connectivity index (χ2v) is 9.72. The van der Waals surface area contributed by atoms with Gasteiger partial charge in [-0.05, 0) is 50.9 Å². The average molecular weight is 575 g/mol. The highest BCUT2D eigenvalue weighted by molar-refractivity contribution is 5.81. The van der Waals surface area contributed by atoms with Gasteiger partial charge in [0.15, 0.2) is 0 Å². The Bertz CT molecular complexity index is 1320. The molecular weight excluding hydrogens is 516 g/mol. The summed E-state index contributed by atoms with van der Waals surface area (Å²) in [7, 11) is 0. The van der Waals surface area contributed by atoms with E-state index < -0.39 is 0 Å². The van der Waals surface area contributed by atoms with Gasteiger partial charge in [-0.25, -0.2) is 0 Å². The first-order valence-electron chi connectivity index (χ1n) is 16.0. The molecule has 0 aliphatic heterocycles. The zero-order valence-electron chi connectivity index (χ0n) is 28.0. The van der Waals surface area contributed by atoms with Crippen molar-refractivity contribution in [3.8, 4) is 34.6 Å². The number of fused-ring (bicyclic) bond motifs is 6. The summed E-state index contributed by atoms with van der Waals surface area (Å²) in [6, 6.07) is 34.6. The van der Waals surface area contributed by atoms with Gasteiger partial charge in [0.25, 0.3) is 0 Å². The van der Waals surface area contributed by atoms with Crippen LogP contribution in [0.3, 0.4) is 0 Å². The van der Waals surface area contributed by atoms with Gasteiger partial charge in [0.05, 0.1) is 0 Å². The third-order valence-corrected chi connectivity index (χ3v) is 7.67. The molecule has 0 amide bonds. The Morgan fingerprint density at radius 2 is 0.791 bits per heavy atom. The standard InChI is InChI=1S/C17H16.C17H14.4C2H6.CH4/c2*1-3-12-17(2)15-10-6-4-8-13(15)14-9-5-7-11-16(14)17;4*1-2;/h3-11H,1,12H2,2H3;1,4-11H,12H2,2H3;4*1-2H3;1H4. The van der Waals surface area contributed by atoms with Crippen molar-refractivity contribution in [2.75, 3.05) is 0 Å². The van der Waals surface area contributed by atoms with Crippen LogP contribution in [0.1, 0.15) is 112 Å². The molecule has 2 aliphatic rings. The smallest absolute Gasteiger partial charge is 0.0296 e. The van der Waals surface area contributed by atoms with Gasteiger partial charge < -0.3 is 0 Å². The summed E-state index contributed by atoms with van der Waals surface area (Å²) in [6.45, 7) is 24.5. The molecule has 0 atom stereocenters. The third kappa shape index (κ3) is 7.77. The Hall–Kier alpha value is -3.82. The molecule has 0 heterocycles. The Morgan fingerprint density at radius 3 is 1.05 bits per heavy atom. The summed E-state index contributed by atoms with van der Waals surface area (Å²) in [6.07, 6.45) is 9.32. The minimum absolute atomic E-state index is 0. The average Bonchev–Trinajstić information content (AvgIpc) is 3.48. The SMILES string of the molecule is C.C#CCC1(C)c2ccccc2-c2ccccc21.C=CCC1(C)c2ccccc2-c2ccccc21.CC.CC.CC.CC. The first-order chi connectivity index (χ1) is 20.5. The van der Waals surface area contributed by atoms with Crippen LogP contribution in [0.2, 0.25) is 0 Å². The maximum absolute atomic E-state index is 5.56. The fraction of sp³-hybridized carbons (Fsp3) is 0.349. The zero-order valence-corrected chi connectivity index (χ0v) is 28.0. The molecule has 0 N–H and O–H groups in total. The predicted octanol–water partition coefficient (Wildman–Crippen LogP) is 13.3. The molecule has 4 aromatic carbocycles. The molecule has 4 aromatic rings. The molecule has 230 valence electrons. The maximum atomic E-state index is 5.56. The van der Waals surface area contributed by atoms with Crippen LogP contribution in [0.5, 0.6) is 0 Å². The van der Waals surface area contributed by atoms with Crippen LogP contribution in [-0.2, 0) is 10.8 Å². The minimum atomic E-state index is -0.0259. The number of hydrogen-bond donors (Lipinski definition) is 0. The Morgan fingerprint density at radius 1 is 0.535 bits per heavy atom. The van der Waals surface area contributed by atoms with Gasteiger partial charge in [-0.3, -0.25) is 0 Å². The molecule has 2 aliphatic carbocycles. The monoisotopic (exact) mass is 574 g/mol. The number of allylic oxidation sites excluding steroid dienone is 1. The molecule has 0 unspecified atom stereocenters. The molecule has 0 spiro atoms. The lowest BCUT2D eigenvalue weighted by Gasteiger charge is -2.25. The van der Waals surface area contributed by atoms with E-state index in [0.717, 1.165) is 12.8 Å². The van der Waals surface area contributed by atoms with Crippen molar-refractivity contribution in [3.63, 3.8) is 0 Å². The van der Waals surface area contributed by atoms with E-state index in [4.69, 9.17) is 6.42 Å². The summed E-state index contributed by atoms with van der Waals surface area (Å²) in [4.78, 5) is 0. The van der Waals surface area contributed by atoms with Crippen molar-refractivity contribution in [3.05, 3.63) is 132 Å². The maximum Gasteiger partial charge on any atom is 0.0296 e. The summed E-state index contributed by atoms with van der Waals surface area (Å²) in [5.41, 5.74) is 11.1. The second-order valence-electron chi connectivity index (χ2n) is 9.72. The highest BCUT2D eigenvalue weighted by Gasteiger charge is 2.38. The molecule has 0 saturated heterocycles. The van der Waals surface area contributed by atoms with Crippen molar-refractivity contribution in [2.24, 2.45) is 0 Å². The quantitative estimate of drug-likeness (QED) is 0.169. The predicted molar refractivity (Wildman–Crippen MR) is 197 cm³/mol. The summed E-state index contributed by atoms with van der Waals surface area (Å²) < 4.78 is 0. The van der Waals surface area contributed by atoms with Crippen molar-refractivity contribution in [2.45, 2.75) is 100 Å². The van der Waals surface area contributed by atoms with Gasteiger partial charge in [-0.15, -0.1) is 18.9 Å². The summed E-state index contributed by atoms with van der Waals surface area (Å²) in [5, 5.41) is 0. The summed E-state index contributed by atoms with van der Waals surface area (Å²) in [5.74, 6) is 2.83. The topological polar surface area (TPSA) is 0 Å². The zero-order chi connectivity index (χ0) is 31.8. The highest BCUT2D eigenvalue weighted by Crippen LogP contribution is 2.51. The summed E-state index contributed by atoms with van der Waals surface area (Å²) >= 11 is 0. The Labute approximate surface area is 266 Å². The van der Waals surface area contributed by atoms with Crippen LogP contribution >= 0.6 is 0 Å². The molecular formula is C43H58. The lowest BCUT2D eigenvalue weighted by molar-refractivity contribution is 0.597. The lowest BCUT2D eigenvalue weighted by Crippen LogP contribution is -2.19. The van der Waals surface area contributed by atoms with Gasteiger partial charge in [-0.1, -0.05) is 180 Å². The van der Waals surface area contributed by atoms with E-state index in [9.17, 15) is 0 Å². The van der Waals surface area contributed by atoms with E-state index in [1.165, 1.54) is 44.5 Å². The van der Waals surface area contributed by atoms with Gasteiger partial charge >= 0.3 is 0 Å². The van der Waals surface area contributed by atoms with Crippen LogP contribution in [0, 0.1) is 12.3 Å². The molecule has 0 nitrogen and oxygen atoms in total. The Balaban J connectivity index is 0.000000655. The van der Waals surface area contributed by atoms with Gasteiger partial charge in [0.1, 0.15) is 0 Å². The van der Waals surface area contributed by atoms with Gasteiger partial charge in [0.2, 0.25) is 0 Å². The van der Waals surface area contributed by atoms with E-state index >= 15 is 0 Å². The fourth-order valence-electron chi connectivity index (χ4n) is 5.99. The molecule has 0 radical (unpaired) electrons. The molecule has 0 aromatic heterocycles. The molecule has 0 fully saturated rings. The minimum Gasteiger partial charge on any atom is -0.120 e. The van der Waals surface area contributed by atoms with Gasteiger partial charge in [-0.2, -0.15) is 0 Å². The first-order valence-corrected chi connectivity index (χ1v) is 16.0. The number of hydrogen-bond acceptors (Lipinski definition) is 0. The first kappa shape index (κ1) is 39.2. The van der Waals surface area contributed by atoms with Crippen LogP contribution in [-0.4, -0.2) is 0 Å². The second kappa shape index (κ2) is 19.4. The molecule has 43 heavy (non-hydrogen) atoms. The third-order valence-electron chi connectivity index (χ3n) is 7.67. The molecule has 0 saturated carbocycles. The van der Waals surface area contributed by atoms with E-state index in [1.807, 2.05) is 61.5 Å². The number of terminal acetylenes is 1. The van der Waals surface area contributed by atoms with Crippen molar-refractivity contribution in [1.82, 2.24) is 0 Å². The van der Waals surface area contributed by atoms with E-state index in [2.05, 4.69) is 123 Å². The van der Waals surface area contributed by atoms with Crippen molar-refractivity contribution < 1.29 is 0 Å². The molecule has 6 rings (SSSR count).